The quantitative estimate of drug-likeness (QED) is 0.529. The molecule has 0 fully saturated rings. The zero-order valence-electron chi connectivity index (χ0n) is 11.8. The van der Waals surface area contributed by atoms with Crippen LogP contribution < -0.4 is 0 Å². The van der Waals surface area contributed by atoms with E-state index in [1.807, 2.05) is 0 Å². The molecule has 1 aliphatic heterocycles. The van der Waals surface area contributed by atoms with E-state index < -0.39 is 29.4 Å². The molecule has 1 aromatic rings. The molecule has 1 aromatic carbocycles. The fourth-order valence-electron chi connectivity index (χ4n) is 2.35. The number of hydrogen-bond donors (Lipinski definition) is 1. The molecule has 9 heteroatoms. The third-order valence-corrected chi connectivity index (χ3v) is 3.60. The van der Waals surface area contributed by atoms with Crippen LogP contribution in [-0.4, -0.2) is 34.9 Å². The maximum atomic E-state index is 12.9. The van der Waals surface area contributed by atoms with E-state index in [9.17, 15) is 28.3 Å². The van der Waals surface area contributed by atoms with E-state index in [0.717, 1.165) is 12.1 Å². The molecule has 2 rings (SSSR count). The smallest absolute Gasteiger partial charge is 0.416 e. The summed E-state index contributed by atoms with van der Waals surface area (Å²) in [5.74, 6) is 0. The van der Waals surface area contributed by atoms with Crippen molar-refractivity contribution in [1.29, 1.82) is 0 Å². The molecule has 1 N–H and O–H groups in total. The van der Waals surface area contributed by atoms with Gasteiger partial charge in [0.25, 0.3) is 5.69 Å². The summed E-state index contributed by atoms with van der Waals surface area (Å²) >= 11 is 0. The average molecular weight is 314 g/mol. The van der Waals surface area contributed by atoms with Crippen molar-refractivity contribution in [2.75, 3.05) is 13.1 Å². The van der Waals surface area contributed by atoms with E-state index >= 15 is 0 Å². The molecule has 118 valence electrons. The van der Waals surface area contributed by atoms with Crippen LogP contribution in [0, 0.1) is 10.1 Å². The molecule has 0 aromatic heterocycles. The summed E-state index contributed by atoms with van der Waals surface area (Å²) < 4.78 is 38.6. The number of nitrogens with zero attached hydrogens (tertiary/aromatic N) is 2. The number of non-ortho nitro benzene ring substituents is 1. The summed E-state index contributed by atoms with van der Waals surface area (Å²) in [4.78, 5) is 11.7. The maximum absolute atomic E-state index is 12.9. The van der Waals surface area contributed by atoms with Crippen LogP contribution in [0.15, 0.2) is 24.3 Å². The van der Waals surface area contributed by atoms with Gasteiger partial charge in [0.15, 0.2) is 0 Å². The fraction of sp³-hybridized carbons (Fsp3) is 0.385. The van der Waals surface area contributed by atoms with Gasteiger partial charge >= 0.3 is 13.2 Å². The largest absolute Gasteiger partial charge is 0.437 e. The van der Waals surface area contributed by atoms with Gasteiger partial charge in [-0.05, 0) is 37.0 Å². The standard InChI is InChI=1S/C13H14BF3N2O3/c1-14(20)18-4-2-9(3-5-18)10-6-11(13(15,16)17)8-12(7-10)19(21)22/h2,6-8,20H,3-5H2,1H3. The predicted octanol–water partition coefficient (Wildman–Crippen LogP) is 2.81. The molecule has 0 aliphatic carbocycles. The van der Waals surface area contributed by atoms with Gasteiger partial charge < -0.3 is 9.83 Å². The summed E-state index contributed by atoms with van der Waals surface area (Å²) in [7, 11) is -0.645. The summed E-state index contributed by atoms with van der Waals surface area (Å²) in [6, 6.07) is 2.62. The van der Waals surface area contributed by atoms with Crippen LogP contribution in [0.5, 0.6) is 0 Å². The highest BCUT2D eigenvalue weighted by Crippen LogP contribution is 2.35. The second kappa shape index (κ2) is 6.09. The minimum Gasteiger partial charge on any atom is -0.437 e. The molecular formula is C13H14BF3N2O3. The van der Waals surface area contributed by atoms with Crippen molar-refractivity contribution in [1.82, 2.24) is 4.81 Å². The lowest BCUT2D eigenvalue weighted by molar-refractivity contribution is -0.385. The van der Waals surface area contributed by atoms with Crippen LogP contribution in [0.3, 0.4) is 0 Å². The fourth-order valence-corrected chi connectivity index (χ4v) is 2.35. The molecule has 1 heterocycles. The average Bonchev–Trinajstić information content (AvgIpc) is 2.46. The molecule has 0 atom stereocenters. The minimum absolute atomic E-state index is 0.201. The van der Waals surface area contributed by atoms with Crippen LogP contribution in [0.4, 0.5) is 18.9 Å². The van der Waals surface area contributed by atoms with Gasteiger partial charge in [-0.3, -0.25) is 10.1 Å². The van der Waals surface area contributed by atoms with Gasteiger partial charge in [0.2, 0.25) is 0 Å². The molecule has 1 aliphatic rings. The summed E-state index contributed by atoms with van der Waals surface area (Å²) in [6.07, 6.45) is -2.53. The third-order valence-electron chi connectivity index (χ3n) is 3.60. The van der Waals surface area contributed by atoms with Crippen LogP contribution in [0.25, 0.3) is 5.57 Å². The van der Waals surface area contributed by atoms with Crippen molar-refractivity contribution in [3.05, 3.63) is 45.5 Å². The van der Waals surface area contributed by atoms with Crippen LogP contribution in [0.2, 0.25) is 6.82 Å². The normalized spacial score (nSPS) is 16.3. The number of nitro groups is 1. The molecule has 0 radical (unpaired) electrons. The molecule has 0 saturated heterocycles. The number of rotatable bonds is 3. The first-order valence-corrected chi connectivity index (χ1v) is 6.66. The second-order valence-electron chi connectivity index (χ2n) is 5.13. The number of halogens is 3. The Labute approximate surface area is 125 Å². The zero-order chi connectivity index (χ0) is 16.5. The Balaban J connectivity index is 2.39. The van der Waals surface area contributed by atoms with E-state index in [0.29, 0.717) is 31.1 Å². The Hall–Kier alpha value is -1.87. The first kappa shape index (κ1) is 16.5. The topological polar surface area (TPSA) is 66.6 Å². The lowest BCUT2D eigenvalue weighted by Gasteiger charge is -2.27. The Morgan fingerprint density at radius 2 is 2.05 bits per heavy atom. The van der Waals surface area contributed by atoms with Gasteiger partial charge in [0.1, 0.15) is 0 Å². The van der Waals surface area contributed by atoms with E-state index in [1.54, 1.807) is 17.7 Å². The van der Waals surface area contributed by atoms with Crippen molar-refractivity contribution in [3.8, 4) is 0 Å². The minimum atomic E-state index is -4.64. The van der Waals surface area contributed by atoms with Crippen molar-refractivity contribution >= 4 is 18.3 Å². The van der Waals surface area contributed by atoms with Gasteiger partial charge in [0, 0.05) is 18.7 Å². The molecular weight excluding hydrogens is 300 g/mol. The highest BCUT2D eigenvalue weighted by atomic mass is 19.4. The lowest BCUT2D eigenvalue weighted by atomic mass is 9.82. The number of nitro benzene ring substituents is 1. The number of alkyl halides is 3. The lowest BCUT2D eigenvalue weighted by Crippen LogP contribution is -2.39. The van der Waals surface area contributed by atoms with Crippen LogP contribution in [-0.2, 0) is 6.18 Å². The van der Waals surface area contributed by atoms with E-state index in [1.165, 1.54) is 0 Å². The van der Waals surface area contributed by atoms with Gasteiger partial charge in [-0.1, -0.05) is 6.08 Å². The van der Waals surface area contributed by atoms with Crippen molar-refractivity contribution in [3.63, 3.8) is 0 Å². The maximum Gasteiger partial charge on any atom is 0.416 e. The molecule has 5 nitrogen and oxygen atoms in total. The number of hydrogen-bond acceptors (Lipinski definition) is 4. The monoisotopic (exact) mass is 314 g/mol. The summed E-state index contributed by atoms with van der Waals surface area (Å²) in [5, 5.41) is 20.3. The molecule has 0 unspecified atom stereocenters. The van der Waals surface area contributed by atoms with Gasteiger partial charge in [-0.15, -0.1) is 0 Å². The Bertz CT molecular complexity index is 617. The van der Waals surface area contributed by atoms with Gasteiger partial charge in [-0.25, -0.2) is 0 Å². The Morgan fingerprint density at radius 1 is 1.36 bits per heavy atom. The van der Waals surface area contributed by atoms with Gasteiger partial charge in [0.05, 0.1) is 10.5 Å². The van der Waals surface area contributed by atoms with E-state index in [2.05, 4.69) is 0 Å². The highest BCUT2D eigenvalue weighted by Gasteiger charge is 2.33. The summed E-state index contributed by atoms with van der Waals surface area (Å²) in [5.41, 5.74) is -0.794. The SMILES string of the molecule is CB(O)N1CC=C(c2cc([N+](=O)[O-])cc(C(F)(F)F)c2)CC1. The third kappa shape index (κ3) is 3.66. The highest BCUT2D eigenvalue weighted by molar-refractivity contribution is 6.45. The first-order valence-electron chi connectivity index (χ1n) is 6.66. The molecule has 22 heavy (non-hydrogen) atoms. The second-order valence-corrected chi connectivity index (χ2v) is 5.13. The molecule has 0 bridgehead atoms. The number of benzene rings is 1. The van der Waals surface area contributed by atoms with Crippen molar-refractivity contribution < 1.29 is 23.1 Å². The van der Waals surface area contributed by atoms with Crippen molar-refractivity contribution in [2.24, 2.45) is 0 Å². The van der Waals surface area contributed by atoms with Crippen molar-refractivity contribution in [2.45, 2.75) is 19.4 Å². The predicted molar refractivity (Wildman–Crippen MR) is 76.1 cm³/mol. The van der Waals surface area contributed by atoms with E-state index in [4.69, 9.17) is 0 Å². The summed E-state index contributed by atoms with van der Waals surface area (Å²) in [6.45, 7) is 2.47. The Kier molecular flexibility index (Phi) is 4.57. The van der Waals surface area contributed by atoms with Crippen LogP contribution >= 0.6 is 0 Å². The Morgan fingerprint density at radius 3 is 2.50 bits per heavy atom. The first-order chi connectivity index (χ1) is 10.2. The van der Waals surface area contributed by atoms with Gasteiger partial charge in [-0.2, -0.15) is 13.2 Å². The molecule has 0 spiro atoms. The van der Waals surface area contributed by atoms with E-state index in [-0.39, 0.29) is 5.56 Å². The zero-order valence-corrected chi connectivity index (χ0v) is 11.8. The van der Waals surface area contributed by atoms with Crippen LogP contribution in [0.1, 0.15) is 17.5 Å². The molecule has 0 amide bonds. The molecule has 0 saturated carbocycles.